The SMILES string of the molecule is O=C(/C=C/CCN1CCCCC1)Nc1cc2c(Nc3ccc(F)c(Cl)c3)ncnc2cc1OCCN1CCCCC1. The molecule has 3 heterocycles. The molecule has 0 saturated carbocycles. The molecule has 218 valence electrons. The summed E-state index contributed by atoms with van der Waals surface area (Å²) < 4.78 is 19.9. The van der Waals surface area contributed by atoms with Crippen LogP contribution in [0.3, 0.4) is 0 Å². The highest BCUT2D eigenvalue weighted by Crippen LogP contribution is 2.34. The lowest BCUT2D eigenvalue weighted by atomic mass is 10.1. The molecule has 0 spiro atoms. The van der Waals surface area contributed by atoms with Crippen LogP contribution in [-0.4, -0.2) is 71.6 Å². The first-order valence-electron chi connectivity index (χ1n) is 14.6. The predicted molar refractivity (Wildman–Crippen MR) is 163 cm³/mol. The van der Waals surface area contributed by atoms with Crippen molar-refractivity contribution >= 4 is 45.6 Å². The smallest absolute Gasteiger partial charge is 0.248 e. The summed E-state index contributed by atoms with van der Waals surface area (Å²) in [7, 11) is 0. The molecule has 0 atom stereocenters. The van der Waals surface area contributed by atoms with Crippen LogP contribution in [-0.2, 0) is 4.79 Å². The minimum atomic E-state index is -0.495. The monoisotopic (exact) mass is 580 g/mol. The number of hydrogen-bond acceptors (Lipinski definition) is 7. The Labute approximate surface area is 245 Å². The molecule has 2 aliphatic rings. The molecule has 2 saturated heterocycles. The van der Waals surface area contributed by atoms with E-state index in [1.807, 2.05) is 18.2 Å². The molecule has 8 nitrogen and oxygen atoms in total. The van der Waals surface area contributed by atoms with Gasteiger partial charge in [-0.05, 0) is 88.6 Å². The average molecular weight is 581 g/mol. The lowest BCUT2D eigenvalue weighted by molar-refractivity contribution is -0.111. The van der Waals surface area contributed by atoms with Gasteiger partial charge in [-0.25, -0.2) is 14.4 Å². The van der Waals surface area contributed by atoms with Crippen molar-refractivity contribution in [3.05, 3.63) is 59.7 Å². The summed E-state index contributed by atoms with van der Waals surface area (Å²) >= 11 is 5.98. The number of aromatic nitrogens is 2. The Balaban J connectivity index is 1.33. The van der Waals surface area contributed by atoms with Gasteiger partial charge in [0.25, 0.3) is 0 Å². The first-order valence-corrected chi connectivity index (χ1v) is 15.0. The molecule has 5 rings (SSSR count). The van der Waals surface area contributed by atoms with Crippen LogP contribution in [0.4, 0.5) is 21.6 Å². The van der Waals surface area contributed by atoms with Crippen LogP contribution in [0, 0.1) is 5.82 Å². The van der Waals surface area contributed by atoms with Gasteiger partial charge in [-0.2, -0.15) is 0 Å². The van der Waals surface area contributed by atoms with Gasteiger partial charge in [-0.3, -0.25) is 9.69 Å². The molecule has 1 aromatic heterocycles. The van der Waals surface area contributed by atoms with Gasteiger partial charge in [-0.1, -0.05) is 30.5 Å². The van der Waals surface area contributed by atoms with E-state index in [-0.39, 0.29) is 10.9 Å². The number of amides is 1. The van der Waals surface area contributed by atoms with Crippen LogP contribution >= 0.6 is 11.6 Å². The van der Waals surface area contributed by atoms with E-state index in [0.29, 0.717) is 40.5 Å². The van der Waals surface area contributed by atoms with Gasteiger partial charge in [0.05, 0.1) is 16.2 Å². The number of carbonyl (C=O) groups excluding carboxylic acids is 1. The molecule has 2 aromatic carbocycles. The molecule has 41 heavy (non-hydrogen) atoms. The van der Waals surface area contributed by atoms with Crippen molar-refractivity contribution in [1.29, 1.82) is 0 Å². The molecule has 0 unspecified atom stereocenters. The summed E-state index contributed by atoms with van der Waals surface area (Å²) in [6.45, 7) is 6.74. The maximum absolute atomic E-state index is 13.7. The molecule has 10 heteroatoms. The van der Waals surface area contributed by atoms with Crippen LogP contribution in [0.15, 0.2) is 48.8 Å². The van der Waals surface area contributed by atoms with E-state index >= 15 is 0 Å². The number of rotatable bonds is 11. The second kappa shape index (κ2) is 14.6. The number of ether oxygens (including phenoxy) is 1. The van der Waals surface area contributed by atoms with E-state index in [1.54, 1.807) is 12.1 Å². The van der Waals surface area contributed by atoms with Gasteiger partial charge in [0.1, 0.15) is 30.3 Å². The number of anilines is 3. The number of halogens is 2. The van der Waals surface area contributed by atoms with E-state index in [4.69, 9.17) is 16.3 Å². The van der Waals surface area contributed by atoms with Gasteiger partial charge in [-0.15, -0.1) is 0 Å². The van der Waals surface area contributed by atoms with Crippen LogP contribution < -0.4 is 15.4 Å². The lowest BCUT2D eigenvalue weighted by Crippen LogP contribution is -2.33. The number of carbonyl (C=O) groups is 1. The average Bonchev–Trinajstić information content (AvgIpc) is 2.99. The minimum Gasteiger partial charge on any atom is -0.490 e. The number of likely N-dealkylation sites (tertiary alicyclic amines) is 2. The summed E-state index contributed by atoms with van der Waals surface area (Å²) in [5.41, 5.74) is 1.77. The van der Waals surface area contributed by atoms with Crippen molar-refractivity contribution in [3.63, 3.8) is 0 Å². The minimum absolute atomic E-state index is 0.0118. The molecule has 0 aliphatic carbocycles. The van der Waals surface area contributed by atoms with Crippen LogP contribution in [0.5, 0.6) is 5.75 Å². The molecule has 2 N–H and O–H groups in total. The number of nitrogens with zero attached hydrogens (tertiary/aromatic N) is 4. The Hall–Kier alpha value is -3.27. The second-order valence-corrected chi connectivity index (χ2v) is 11.1. The van der Waals surface area contributed by atoms with Crippen molar-refractivity contribution in [3.8, 4) is 5.75 Å². The molecule has 1 amide bonds. The van der Waals surface area contributed by atoms with Crippen LogP contribution in [0.1, 0.15) is 44.9 Å². The fourth-order valence-electron chi connectivity index (χ4n) is 5.38. The zero-order chi connectivity index (χ0) is 28.4. The Morgan fingerprint density at radius 1 is 0.976 bits per heavy atom. The first kappa shape index (κ1) is 29.2. The standard InChI is InChI=1S/C31H38ClFN6O2/c32-25-19-23(10-11-26(25)33)36-31-24-20-28(37-30(40)9-3-8-16-38-12-4-1-5-13-38)29(21-27(24)34-22-35-31)41-18-17-39-14-6-2-7-15-39/h3,9-11,19-22H,1-2,4-8,12-18H2,(H,37,40)(H,34,35,36)/b9-3+. The molecule has 3 aromatic rings. The Bertz CT molecular complexity index is 1360. The number of nitrogens with one attached hydrogen (secondary N) is 2. The highest BCUT2D eigenvalue weighted by Gasteiger charge is 2.15. The van der Waals surface area contributed by atoms with Crippen molar-refractivity contribution in [2.75, 3.05) is 56.5 Å². The van der Waals surface area contributed by atoms with E-state index in [0.717, 1.165) is 45.7 Å². The molecule has 2 aliphatic heterocycles. The third-order valence-corrected chi connectivity index (χ3v) is 7.91. The van der Waals surface area contributed by atoms with Crippen LogP contribution in [0.25, 0.3) is 10.9 Å². The Kier molecular flexibility index (Phi) is 10.4. The Morgan fingerprint density at radius 2 is 1.71 bits per heavy atom. The van der Waals surface area contributed by atoms with Gasteiger partial charge >= 0.3 is 0 Å². The largest absolute Gasteiger partial charge is 0.490 e. The van der Waals surface area contributed by atoms with E-state index < -0.39 is 5.82 Å². The number of fused-ring (bicyclic) bond motifs is 1. The summed E-state index contributed by atoms with van der Waals surface area (Å²) in [5.74, 6) is 0.342. The fourth-order valence-corrected chi connectivity index (χ4v) is 5.56. The third kappa shape index (κ3) is 8.38. The first-order chi connectivity index (χ1) is 20.0. The predicted octanol–water partition coefficient (Wildman–Crippen LogP) is 6.40. The number of piperidine rings is 2. The van der Waals surface area contributed by atoms with Crippen molar-refractivity contribution in [2.24, 2.45) is 0 Å². The van der Waals surface area contributed by atoms with Gasteiger partial charge in [0, 0.05) is 30.2 Å². The molecular formula is C31H38ClFN6O2. The number of hydrogen-bond donors (Lipinski definition) is 2. The van der Waals surface area contributed by atoms with Gasteiger partial charge < -0.3 is 20.3 Å². The normalized spacial score (nSPS) is 16.7. The summed E-state index contributed by atoms with van der Waals surface area (Å²) in [4.78, 5) is 26.6. The third-order valence-electron chi connectivity index (χ3n) is 7.62. The maximum Gasteiger partial charge on any atom is 0.248 e. The molecule has 0 radical (unpaired) electrons. The zero-order valence-corrected chi connectivity index (χ0v) is 24.1. The molecular weight excluding hydrogens is 543 g/mol. The van der Waals surface area contributed by atoms with Crippen molar-refractivity contribution in [2.45, 2.75) is 44.9 Å². The summed E-state index contributed by atoms with van der Waals surface area (Å²) in [6.07, 6.45) is 13.3. The summed E-state index contributed by atoms with van der Waals surface area (Å²) in [6, 6.07) is 8.03. The second-order valence-electron chi connectivity index (χ2n) is 10.7. The van der Waals surface area contributed by atoms with Crippen LogP contribution in [0.2, 0.25) is 5.02 Å². The van der Waals surface area contributed by atoms with E-state index in [1.165, 1.54) is 57.0 Å². The van der Waals surface area contributed by atoms with Crippen molar-refractivity contribution in [1.82, 2.24) is 19.8 Å². The van der Waals surface area contributed by atoms with Gasteiger partial charge in [0.2, 0.25) is 5.91 Å². The lowest BCUT2D eigenvalue weighted by Gasteiger charge is -2.26. The highest BCUT2D eigenvalue weighted by molar-refractivity contribution is 6.31. The quantitative estimate of drug-likeness (QED) is 0.254. The fraction of sp³-hybridized carbons (Fsp3) is 0.452. The van der Waals surface area contributed by atoms with Crippen molar-refractivity contribution < 1.29 is 13.9 Å². The maximum atomic E-state index is 13.7. The summed E-state index contributed by atoms with van der Waals surface area (Å²) in [5, 5.41) is 6.89. The molecule has 0 bridgehead atoms. The van der Waals surface area contributed by atoms with E-state index in [9.17, 15) is 9.18 Å². The highest BCUT2D eigenvalue weighted by atomic mass is 35.5. The van der Waals surface area contributed by atoms with Gasteiger partial charge in [0.15, 0.2) is 0 Å². The topological polar surface area (TPSA) is 82.6 Å². The van der Waals surface area contributed by atoms with E-state index in [2.05, 4.69) is 30.4 Å². The Morgan fingerprint density at radius 3 is 2.44 bits per heavy atom. The number of benzene rings is 2. The zero-order valence-electron chi connectivity index (χ0n) is 23.4. The molecule has 2 fully saturated rings.